The fraction of sp³-hybridized carbons (Fsp3) is 0.438. The van der Waals surface area contributed by atoms with Gasteiger partial charge in [0.05, 0.1) is 30.5 Å². The molecule has 2 rings (SSSR count). The Morgan fingerprint density at radius 2 is 2.14 bits per heavy atom. The standard InChI is InChI=1S/C16H22ClN3O2/c1-4-22-16-6-5-13(9-15(16)17)18-10-14-11(2)19-20(7-8-21)12(14)3/h5-6,9,18,21H,4,7-8,10H2,1-3H3. The van der Waals surface area contributed by atoms with Crippen LogP contribution in [0.25, 0.3) is 0 Å². The van der Waals surface area contributed by atoms with Crippen LogP contribution in [0.2, 0.25) is 5.02 Å². The zero-order valence-electron chi connectivity index (χ0n) is 13.2. The predicted octanol–water partition coefficient (Wildman–Crippen LogP) is 3.16. The molecule has 1 aromatic carbocycles. The molecule has 0 amide bonds. The number of nitrogens with one attached hydrogen (secondary N) is 1. The van der Waals surface area contributed by atoms with Gasteiger partial charge in [-0.1, -0.05) is 11.6 Å². The fourth-order valence-corrected chi connectivity index (χ4v) is 2.61. The van der Waals surface area contributed by atoms with Gasteiger partial charge in [-0.3, -0.25) is 4.68 Å². The Hall–Kier alpha value is -1.72. The molecule has 1 heterocycles. The first kappa shape index (κ1) is 16.6. The molecule has 22 heavy (non-hydrogen) atoms. The summed E-state index contributed by atoms with van der Waals surface area (Å²) in [4.78, 5) is 0. The van der Waals surface area contributed by atoms with Crippen LogP contribution in [0.15, 0.2) is 18.2 Å². The minimum absolute atomic E-state index is 0.0866. The van der Waals surface area contributed by atoms with Gasteiger partial charge in [-0.25, -0.2) is 0 Å². The summed E-state index contributed by atoms with van der Waals surface area (Å²) in [6.07, 6.45) is 0. The summed E-state index contributed by atoms with van der Waals surface area (Å²) in [5.74, 6) is 0.692. The summed E-state index contributed by atoms with van der Waals surface area (Å²) in [7, 11) is 0. The third-order valence-corrected chi connectivity index (χ3v) is 3.84. The first-order valence-corrected chi connectivity index (χ1v) is 7.74. The Morgan fingerprint density at radius 1 is 1.36 bits per heavy atom. The van der Waals surface area contributed by atoms with Gasteiger partial charge in [-0.05, 0) is 39.0 Å². The van der Waals surface area contributed by atoms with E-state index >= 15 is 0 Å². The number of hydrogen-bond donors (Lipinski definition) is 2. The van der Waals surface area contributed by atoms with Gasteiger partial charge in [0.25, 0.3) is 0 Å². The second-order valence-electron chi connectivity index (χ2n) is 5.03. The maximum Gasteiger partial charge on any atom is 0.138 e. The van der Waals surface area contributed by atoms with Crippen molar-refractivity contribution in [2.24, 2.45) is 0 Å². The molecule has 2 N–H and O–H groups in total. The van der Waals surface area contributed by atoms with E-state index in [1.807, 2.05) is 43.7 Å². The van der Waals surface area contributed by atoms with E-state index in [2.05, 4.69) is 10.4 Å². The van der Waals surface area contributed by atoms with E-state index in [1.54, 1.807) is 0 Å². The Bertz CT molecular complexity index is 641. The summed E-state index contributed by atoms with van der Waals surface area (Å²) in [6.45, 7) is 7.77. The van der Waals surface area contributed by atoms with Crippen LogP contribution in [0.1, 0.15) is 23.9 Å². The third-order valence-electron chi connectivity index (χ3n) is 3.54. The van der Waals surface area contributed by atoms with Gasteiger partial charge in [-0.2, -0.15) is 5.10 Å². The van der Waals surface area contributed by atoms with Crippen LogP contribution in [0, 0.1) is 13.8 Å². The lowest BCUT2D eigenvalue weighted by Crippen LogP contribution is -2.07. The van der Waals surface area contributed by atoms with E-state index in [0.717, 1.165) is 22.6 Å². The summed E-state index contributed by atoms with van der Waals surface area (Å²) in [6, 6.07) is 5.66. The molecular formula is C16H22ClN3O2. The average molecular weight is 324 g/mol. The minimum Gasteiger partial charge on any atom is -0.492 e. The van der Waals surface area contributed by atoms with Crippen molar-refractivity contribution in [1.29, 1.82) is 0 Å². The molecule has 0 bridgehead atoms. The lowest BCUT2D eigenvalue weighted by atomic mass is 10.2. The monoisotopic (exact) mass is 323 g/mol. The second-order valence-corrected chi connectivity index (χ2v) is 5.44. The molecule has 0 aliphatic carbocycles. The molecule has 0 spiro atoms. The Morgan fingerprint density at radius 3 is 2.77 bits per heavy atom. The maximum absolute atomic E-state index is 9.05. The summed E-state index contributed by atoms with van der Waals surface area (Å²) in [5.41, 5.74) is 4.10. The van der Waals surface area contributed by atoms with Gasteiger partial charge in [0.2, 0.25) is 0 Å². The largest absolute Gasteiger partial charge is 0.492 e. The molecular weight excluding hydrogens is 302 g/mol. The number of benzene rings is 1. The van der Waals surface area contributed by atoms with Crippen molar-refractivity contribution in [1.82, 2.24) is 9.78 Å². The SMILES string of the molecule is CCOc1ccc(NCc2c(C)nn(CCO)c2C)cc1Cl. The smallest absolute Gasteiger partial charge is 0.138 e. The molecule has 0 fully saturated rings. The first-order chi connectivity index (χ1) is 10.6. The molecule has 0 saturated carbocycles. The van der Waals surface area contributed by atoms with Gasteiger partial charge in [0.1, 0.15) is 5.75 Å². The Kier molecular flexibility index (Phi) is 5.69. The van der Waals surface area contributed by atoms with E-state index in [0.29, 0.717) is 30.5 Å². The van der Waals surface area contributed by atoms with E-state index in [1.165, 1.54) is 0 Å². The topological polar surface area (TPSA) is 59.3 Å². The van der Waals surface area contributed by atoms with Gasteiger partial charge < -0.3 is 15.2 Å². The Labute approximate surface area is 135 Å². The maximum atomic E-state index is 9.05. The van der Waals surface area contributed by atoms with Crippen molar-refractivity contribution in [2.75, 3.05) is 18.5 Å². The highest BCUT2D eigenvalue weighted by atomic mass is 35.5. The van der Waals surface area contributed by atoms with Crippen molar-refractivity contribution in [3.05, 3.63) is 40.2 Å². The molecule has 0 unspecified atom stereocenters. The molecule has 0 aliphatic heterocycles. The van der Waals surface area contributed by atoms with Crippen LogP contribution in [-0.4, -0.2) is 28.1 Å². The normalized spacial score (nSPS) is 10.8. The molecule has 5 nitrogen and oxygen atoms in total. The number of aryl methyl sites for hydroxylation is 1. The Balaban J connectivity index is 2.08. The van der Waals surface area contributed by atoms with Crippen LogP contribution in [0.3, 0.4) is 0 Å². The third kappa shape index (κ3) is 3.72. The van der Waals surface area contributed by atoms with Crippen molar-refractivity contribution in [3.8, 4) is 5.75 Å². The summed E-state index contributed by atoms with van der Waals surface area (Å²) >= 11 is 6.19. The fourth-order valence-electron chi connectivity index (χ4n) is 2.38. The number of anilines is 1. The number of aliphatic hydroxyl groups is 1. The van der Waals surface area contributed by atoms with Crippen molar-refractivity contribution >= 4 is 17.3 Å². The predicted molar refractivity (Wildman–Crippen MR) is 88.7 cm³/mol. The molecule has 0 atom stereocenters. The lowest BCUT2D eigenvalue weighted by molar-refractivity contribution is 0.268. The number of rotatable bonds is 7. The number of hydrogen-bond acceptors (Lipinski definition) is 4. The number of ether oxygens (including phenoxy) is 1. The van der Waals surface area contributed by atoms with Gasteiger partial charge in [-0.15, -0.1) is 0 Å². The van der Waals surface area contributed by atoms with Crippen LogP contribution < -0.4 is 10.1 Å². The van der Waals surface area contributed by atoms with Crippen LogP contribution in [0.5, 0.6) is 5.75 Å². The van der Waals surface area contributed by atoms with Crippen LogP contribution in [-0.2, 0) is 13.1 Å². The number of nitrogens with zero attached hydrogens (tertiary/aromatic N) is 2. The van der Waals surface area contributed by atoms with E-state index in [9.17, 15) is 0 Å². The summed E-state index contributed by atoms with van der Waals surface area (Å²) < 4.78 is 7.26. The van der Waals surface area contributed by atoms with E-state index < -0.39 is 0 Å². The minimum atomic E-state index is 0.0866. The van der Waals surface area contributed by atoms with Crippen LogP contribution >= 0.6 is 11.6 Å². The quantitative estimate of drug-likeness (QED) is 0.821. The molecule has 120 valence electrons. The highest BCUT2D eigenvalue weighted by Crippen LogP contribution is 2.28. The molecule has 6 heteroatoms. The van der Waals surface area contributed by atoms with Crippen LogP contribution in [0.4, 0.5) is 5.69 Å². The zero-order chi connectivity index (χ0) is 16.1. The van der Waals surface area contributed by atoms with Gasteiger partial charge in [0, 0.05) is 23.5 Å². The number of aliphatic hydroxyl groups excluding tert-OH is 1. The highest BCUT2D eigenvalue weighted by molar-refractivity contribution is 6.32. The van der Waals surface area contributed by atoms with Crippen molar-refractivity contribution in [2.45, 2.75) is 33.9 Å². The van der Waals surface area contributed by atoms with Crippen molar-refractivity contribution in [3.63, 3.8) is 0 Å². The molecule has 0 saturated heterocycles. The first-order valence-electron chi connectivity index (χ1n) is 7.36. The van der Waals surface area contributed by atoms with E-state index in [4.69, 9.17) is 21.4 Å². The number of halogens is 1. The second kappa shape index (κ2) is 7.51. The van der Waals surface area contributed by atoms with Crippen molar-refractivity contribution < 1.29 is 9.84 Å². The lowest BCUT2D eigenvalue weighted by Gasteiger charge is -2.10. The van der Waals surface area contributed by atoms with E-state index in [-0.39, 0.29) is 6.61 Å². The molecule has 2 aromatic rings. The van der Waals surface area contributed by atoms with Gasteiger partial charge in [0.15, 0.2) is 0 Å². The summed E-state index contributed by atoms with van der Waals surface area (Å²) in [5, 5.41) is 17.4. The average Bonchev–Trinajstić information content (AvgIpc) is 2.75. The highest BCUT2D eigenvalue weighted by Gasteiger charge is 2.11. The zero-order valence-corrected chi connectivity index (χ0v) is 13.9. The van der Waals surface area contributed by atoms with Gasteiger partial charge >= 0.3 is 0 Å². The number of aromatic nitrogens is 2. The molecule has 0 radical (unpaired) electrons. The molecule has 0 aliphatic rings. The molecule has 1 aromatic heterocycles.